The molecule has 0 unspecified atom stereocenters. The van der Waals surface area contributed by atoms with Crippen molar-refractivity contribution in [2.24, 2.45) is 0 Å². The van der Waals surface area contributed by atoms with E-state index in [1.807, 2.05) is 0 Å². The van der Waals surface area contributed by atoms with Crippen molar-refractivity contribution in [1.29, 1.82) is 0 Å². The number of carbonyl (C=O) groups is 1. The molecule has 0 aliphatic heterocycles. The predicted octanol–water partition coefficient (Wildman–Crippen LogP) is 4.80. The van der Waals surface area contributed by atoms with Gasteiger partial charge in [-0.05, 0) is 58.7 Å². The summed E-state index contributed by atoms with van der Waals surface area (Å²) in [6, 6.07) is 9.12. The smallest absolute Gasteiger partial charge is 0.255 e. The zero-order valence-electron chi connectivity index (χ0n) is 10.0. The Balaban J connectivity index is 2.25. The normalized spacial score (nSPS) is 10.3. The van der Waals surface area contributed by atoms with Crippen molar-refractivity contribution >= 4 is 39.1 Å². The van der Waals surface area contributed by atoms with Gasteiger partial charge in [0.2, 0.25) is 0 Å². The summed E-state index contributed by atoms with van der Waals surface area (Å²) in [5, 5.41) is 3.11. The maximum atomic E-state index is 13.1. The van der Waals surface area contributed by atoms with Crippen molar-refractivity contribution in [3.8, 4) is 0 Å². The van der Waals surface area contributed by atoms with E-state index < -0.39 is 5.82 Å². The first-order chi connectivity index (χ1) is 8.97. The van der Waals surface area contributed by atoms with Crippen molar-refractivity contribution < 1.29 is 9.18 Å². The fourth-order valence-electron chi connectivity index (χ4n) is 1.56. The van der Waals surface area contributed by atoms with Crippen LogP contribution in [-0.4, -0.2) is 5.91 Å². The van der Waals surface area contributed by atoms with Crippen LogP contribution in [0.25, 0.3) is 0 Å². The van der Waals surface area contributed by atoms with Gasteiger partial charge in [-0.15, -0.1) is 0 Å². The quantitative estimate of drug-likeness (QED) is 0.834. The number of nitrogens with one attached hydrogen (secondary N) is 1. The van der Waals surface area contributed by atoms with Gasteiger partial charge >= 0.3 is 0 Å². The first kappa shape index (κ1) is 14.0. The van der Waals surface area contributed by atoms with Crippen LogP contribution in [0.4, 0.5) is 10.1 Å². The van der Waals surface area contributed by atoms with Crippen LogP contribution in [0.1, 0.15) is 15.9 Å². The molecule has 2 aromatic rings. The van der Waals surface area contributed by atoms with Crippen LogP contribution in [0.15, 0.2) is 40.9 Å². The molecule has 0 fully saturated rings. The van der Waals surface area contributed by atoms with Gasteiger partial charge in [-0.2, -0.15) is 0 Å². The van der Waals surface area contributed by atoms with E-state index in [1.165, 1.54) is 12.1 Å². The average Bonchev–Trinajstić information content (AvgIpc) is 2.37. The van der Waals surface area contributed by atoms with Crippen LogP contribution < -0.4 is 5.32 Å². The van der Waals surface area contributed by atoms with Gasteiger partial charge in [-0.25, -0.2) is 4.39 Å². The van der Waals surface area contributed by atoms with Crippen LogP contribution >= 0.6 is 27.5 Å². The fourth-order valence-corrected chi connectivity index (χ4v) is 1.99. The van der Waals surface area contributed by atoms with Crippen molar-refractivity contribution in [3.05, 3.63) is 62.8 Å². The highest BCUT2D eigenvalue weighted by Crippen LogP contribution is 2.24. The van der Waals surface area contributed by atoms with E-state index in [0.29, 0.717) is 20.7 Å². The zero-order chi connectivity index (χ0) is 14.0. The van der Waals surface area contributed by atoms with E-state index in [2.05, 4.69) is 21.2 Å². The van der Waals surface area contributed by atoms with Crippen LogP contribution in [0.2, 0.25) is 5.02 Å². The number of aryl methyl sites for hydroxylation is 1. The zero-order valence-corrected chi connectivity index (χ0v) is 12.3. The van der Waals surface area contributed by atoms with Crippen molar-refractivity contribution in [3.63, 3.8) is 0 Å². The van der Waals surface area contributed by atoms with Gasteiger partial charge in [-0.3, -0.25) is 4.79 Å². The van der Waals surface area contributed by atoms with Crippen molar-refractivity contribution in [2.45, 2.75) is 6.92 Å². The largest absolute Gasteiger partial charge is 0.322 e. The first-order valence-corrected chi connectivity index (χ1v) is 6.67. The molecule has 0 saturated carbocycles. The summed E-state index contributed by atoms with van der Waals surface area (Å²) in [5.74, 6) is -0.724. The molecule has 98 valence electrons. The Morgan fingerprint density at radius 2 is 2.00 bits per heavy atom. The molecule has 1 N–H and O–H groups in total. The van der Waals surface area contributed by atoms with E-state index in [-0.39, 0.29) is 5.91 Å². The van der Waals surface area contributed by atoms with E-state index >= 15 is 0 Å². The second kappa shape index (κ2) is 5.72. The fraction of sp³-hybridized carbons (Fsp3) is 0.0714. The summed E-state index contributed by atoms with van der Waals surface area (Å²) in [6.45, 7) is 1.80. The van der Waals surface area contributed by atoms with Crippen LogP contribution in [0.3, 0.4) is 0 Å². The molecular weight excluding hydrogens is 333 g/mol. The Hall–Kier alpha value is -1.39. The summed E-state index contributed by atoms with van der Waals surface area (Å²) < 4.78 is 13.9. The molecule has 0 bridgehead atoms. The van der Waals surface area contributed by atoms with Crippen LogP contribution in [0.5, 0.6) is 0 Å². The van der Waals surface area contributed by atoms with Gasteiger partial charge in [0, 0.05) is 15.7 Å². The highest BCUT2D eigenvalue weighted by molar-refractivity contribution is 9.10. The molecular formula is C14H10BrClFNO. The lowest BCUT2D eigenvalue weighted by molar-refractivity contribution is 0.102. The minimum atomic E-state index is -0.394. The Morgan fingerprint density at radius 3 is 2.68 bits per heavy atom. The number of rotatable bonds is 2. The monoisotopic (exact) mass is 341 g/mol. The average molecular weight is 343 g/mol. The molecule has 0 aliphatic rings. The maximum absolute atomic E-state index is 13.1. The lowest BCUT2D eigenvalue weighted by Crippen LogP contribution is -2.12. The number of benzene rings is 2. The lowest BCUT2D eigenvalue weighted by Gasteiger charge is -2.09. The van der Waals surface area contributed by atoms with E-state index in [9.17, 15) is 9.18 Å². The third-order valence-corrected chi connectivity index (χ3v) is 3.86. The summed E-state index contributed by atoms with van der Waals surface area (Å²) in [4.78, 5) is 12.0. The standard InChI is InChI=1S/C14H10BrClFNO/c1-8-2-4-10(17)7-13(8)18-14(19)9-3-5-11(15)12(16)6-9/h2-7H,1H3,(H,18,19). The predicted molar refractivity (Wildman–Crippen MR) is 78.2 cm³/mol. The van der Waals surface area contributed by atoms with Gasteiger partial charge in [0.1, 0.15) is 5.82 Å². The SMILES string of the molecule is Cc1ccc(F)cc1NC(=O)c1ccc(Br)c(Cl)c1. The van der Waals surface area contributed by atoms with Crippen molar-refractivity contribution in [1.82, 2.24) is 0 Å². The van der Waals surface area contributed by atoms with Gasteiger partial charge in [0.25, 0.3) is 5.91 Å². The highest BCUT2D eigenvalue weighted by Gasteiger charge is 2.10. The summed E-state index contributed by atoms with van der Waals surface area (Å²) in [5.41, 5.74) is 1.65. The third-order valence-electron chi connectivity index (χ3n) is 2.63. The summed E-state index contributed by atoms with van der Waals surface area (Å²) in [7, 11) is 0. The topological polar surface area (TPSA) is 29.1 Å². The Kier molecular flexibility index (Phi) is 4.22. The molecule has 0 aliphatic carbocycles. The number of amides is 1. The number of halogens is 3. The van der Waals surface area contributed by atoms with Crippen LogP contribution in [-0.2, 0) is 0 Å². The van der Waals surface area contributed by atoms with E-state index in [1.54, 1.807) is 31.2 Å². The Morgan fingerprint density at radius 1 is 1.26 bits per heavy atom. The number of carbonyl (C=O) groups excluding carboxylic acids is 1. The number of anilines is 1. The summed E-state index contributed by atoms with van der Waals surface area (Å²) >= 11 is 9.18. The molecule has 0 radical (unpaired) electrons. The van der Waals surface area contributed by atoms with Gasteiger partial charge in [-0.1, -0.05) is 17.7 Å². The minimum Gasteiger partial charge on any atom is -0.322 e. The Bertz CT molecular complexity index is 645. The Labute approximate surface area is 123 Å². The second-order valence-corrected chi connectivity index (χ2v) is 5.30. The second-order valence-electron chi connectivity index (χ2n) is 4.04. The molecule has 2 aromatic carbocycles. The number of hydrogen-bond acceptors (Lipinski definition) is 1. The minimum absolute atomic E-state index is 0.330. The molecule has 2 rings (SSSR count). The molecule has 0 spiro atoms. The van der Waals surface area contributed by atoms with Gasteiger partial charge < -0.3 is 5.32 Å². The van der Waals surface area contributed by atoms with Gasteiger partial charge in [0.05, 0.1) is 5.02 Å². The van der Waals surface area contributed by atoms with E-state index in [4.69, 9.17) is 11.6 Å². The molecule has 1 amide bonds. The summed E-state index contributed by atoms with van der Waals surface area (Å²) in [6.07, 6.45) is 0. The lowest BCUT2D eigenvalue weighted by atomic mass is 10.1. The molecule has 2 nitrogen and oxygen atoms in total. The maximum Gasteiger partial charge on any atom is 0.255 e. The van der Waals surface area contributed by atoms with E-state index in [0.717, 1.165) is 5.56 Å². The number of hydrogen-bond donors (Lipinski definition) is 1. The molecule has 0 heterocycles. The van der Waals surface area contributed by atoms with Crippen LogP contribution in [0, 0.1) is 12.7 Å². The molecule has 0 aromatic heterocycles. The molecule has 0 saturated heterocycles. The highest BCUT2D eigenvalue weighted by atomic mass is 79.9. The third kappa shape index (κ3) is 3.33. The van der Waals surface area contributed by atoms with Gasteiger partial charge in [0.15, 0.2) is 0 Å². The van der Waals surface area contributed by atoms with Crippen molar-refractivity contribution in [2.75, 3.05) is 5.32 Å². The molecule has 5 heteroatoms. The molecule has 0 atom stereocenters. The first-order valence-electron chi connectivity index (χ1n) is 5.50. The molecule has 19 heavy (non-hydrogen) atoms.